The van der Waals surface area contributed by atoms with Crippen molar-refractivity contribution in [3.63, 3.8) is 0 Å². The molecule has 2 rings (SSSR count). The lowest BCUT2D eigenvalue weighted by Crippen LogP contribution is -2.22. The summed E-state index contributed by atoms with van der Waals surface area (Å²) in [6.45, 7) is -0.654. The molecule has 0 bridgehead atoms. The van der Waals surface area contributed by atoms with Crippen molar-refractivity contribution in [2.24, 2.45) is 0 Å². The quantitative estimate of drug-likeness (QED) is 0.692. The molecule has 0 aliphatic heterocycles. The van der Waals surface area contributed by atoms with Crippen molar-refractivity contribution in [3.05, 3.63) is 47.5 Å². The molecule has 0 aromatic heterocycles. The standard InChI is InChI=1S/C19H19F2NO6/c1-25-15-6-11(7-16(26-2)19(15)27-3)8-18(24)28-10-17(23)22-14-9-12(20)4-5-13(14)21/h4-7,9H,8,10H2,1-3H3,(H,22,23). The number of nitrogens with one attached hydrogen (secondary N) is 1. The number of ether oxygens (including phenoxy) is 4. The molecule has 0 saturated heterocycles. The summed E-state index contributed by atoms with van der Waals surface area (Å²) in [5.41, 5.74) is 0.168. The smallest absolute Gasteiger partial charge is 0.310 e. The number of halogens is 2. The normalized spacial score (nSPS) is 10.2. The highest BCUT2D eigenvalue weighted by molar-refractivity contribution is 5.93. The van der Waals surface area contributed by atoms with Gasteiger partial charge in [0.1, 0.15) is 11.6 Å². The van der Waals surface area contributed by atoms with Gasteiger partial charge in [0.15, 0.2) is 18.1 Å². The molecule has 0 spiro atoms. The Hall–Kier alpha value is -3.36. The van der Waals surface area contributed by atoms with E-state index in [0.717, 1.165) is 18.2 Å². The molecular weight excluding hydrogens is 376 g/mol. The van der Waals surface area contributed by atoms with Gasteiger partial charge in [-0.15, -0.1) is 0 Å². The Morgan fingerprint density at radius 1 is 0.964 bits per heavy atom. The Labute approximate surface area is 160 Å². The number of hydrogen-bond donors (Lipinski definition) is 1. The summed E-state index contributed by atoms with van der Waals surface area (Å²) in [6.07, 6.45) is -0.168. The van der Waals surface area contributed by atoms with Gasteiger partial charge in [-0.05, 0) is 29.8 Å². The summed E-state index contributed by atoms with van der Waals surface area (Å²) in [5, 5.41) is 2.13. The zero-order chi connectivity index (χ0) is 20.7. The number of esters is 1. The Morgan fingerprint density at radius 3 is 2.18 bits per heavy atom. The van der Waals surface area contributed by atoms with Crippen LogP contribution in [0.3, 0.4) is 0 Å². The van der Waals surface area contributed by atoms with E-state index in [0.29, 0.717) is 22.8 Å². The van der Waals surface area contributed by atoms with E-state index in [-0.39, 0.29) is 12.1 Å². The highest BCUT2D eigenvalue weighted by atomic mass is 19.1. The molecule has 1 N–H and O–H groups in total. The van der Waals surface area contributed by atoms with Crippen molar-refractivity contribution in [1.29, 1.82) is 0 Å². The maximum Gasteiger partial charge on any atom is 0.310 e. The zero-order valence-corrected chi connectivity index (χ0v) is 15.5. The zero-order valence-electron chi connectivity index (χ0n) is 15.5. The SMILES string of the molecule is COc1cc(CC(=O)OCC(=O)Nc2cc(F)ccc2F)cc(OC)c1OC. The van der Waals surface area contributed by atoms with Gasteiger partial charge in [-0.3, -0.25) is 9.59 Å². The molecule has 0 unspecified atom stereocenters. The summed E-state index contributed by atoms with van der Waals surface area (Å²) in [7, 11) is 4.33. The average molecular weight is 395 g/mol. The minimum Gasteiger partial charge on any atom is -0.493 e. The van der Waals surface area contributed by atoms with Gasteiger partial charge < -0.3 is 24.3 Å². The largest absolute Gasteiger partial charge is 0.493 e. The van der Waals surface area contributed by atoms with Gasteiger partial charge in [-0.2, -0.15) is 0 Å². The second-order valence-corrected chi connectivity index (χ2v) is 5.54. The van der Waals surface area contributed by atoms with Crippen LogP contribution in [0.15, 0.2) is 30.3 Å². The van der Waals surface area contributed by atoms with E-state index in [1.807, 2.05) is 0 Å². The predicted molar refractivity (Wildman–Crippen MR) is 95.7 cm³/mol. The van der Waals surface area contributed by atoms with Gasteiger partial charge in [0.05, 0.1) is 33.4 Å². The lowest BCUT2D eigenvalue weighted by Gasteiger charge is -2.14. The fourth-order valence-electron chi connectivity index (χ4n) is 2.38. The Bertz CT molecular complexity index is 846. The van der Waals surface area contributed by atoms with Gasteiger partial charge in [0.25, 0.3) is 5.91 Å². The van der Waals surface area contributed by atoms with E-state index in [1.165, 1.54) is 21.3 Å². The first-order valence-corrected chi connectivity index (χ1v) is 8.07. The third-order valence-electron chi connectivity index (χ3n) is 3.64. The van der Waals surface area contributed by atoms with Crippen LogP contribution in [0.1, 0.15) is 5.56 Å². The summed E-state index contributed by atoms with van der Waals surface area (Å²) in [5.74, 6) is -1.92. The Balaban J connectivity index is 1.97. The number of hydrogen-bond acceptors (Lipinski definition) is 6. The molecule has 0 radical (unpaired) electrons. The molecule has 0 atom stereocenters. The highest BCUT2D eigenvalue weighted by Gasteiger charge is 2.16. The number of anilines is 1. The molecule has 0 heterocycles. The fraction of sp³-hybridized carbons (Fsp3) is 0.263. The van der Waals surface area contributed by atoms with Gasteiger partial charge >= 0.3 is 5.97 Å². The summed E-state index contributed by atoms with van der Waals surface area (Å²) >= 11 is 0. The molecule has 0 aliphatic carbocycles. The van der Waals surface area contributed by atoms with Gasteiger partial charge in [0.2, 0.25) is 5.75 Å². The molecule has 28 heavy (non-hydrogen) atoms. The van der Waals surface area contributed by atoms with Crippen LogP contribution in [-0.4, -0.2) is 39.8 Å². The van der Waals surface area contributed by atoms with E-state index in [1.54, 1.807) is 12.1 Å². The van der Waals surface area contributed by atoms with Crippen molar-refractivity contribution in [2.75, 3.05) is 33.3 Å². The van der Waals surface area contributed by atoms with Crippen LogP contribution in [0.5, 0.6) is 17.2 Å². The Morgan fingerprint density at radius 2 is 1.61 bits per heavy atom. The second kappa shape index (κ2) is 9.54. The average Bonchev–Trinajstić information content (AvgIpc) is 2.68. The van der Waals surface area contributed by atoms with Crippen molar-refractivity contribution < 1.29 is 37.3 Å². The first-order chi connectivity index (χ1) is 13.4. The minimum atomic E-state index is -0.807. The molecule has 1 amide bonds. The molecule has 0 aliphatic rings. The van der Waals surface area contributed by atoms with Crippen LogP contribution in [0.25, 0.3) is 0 Å². The first-order valence-electron chi connectivity index (χ1n) is 8.07. The van der Waals surface area contributed by atoms with E-state index >= 15 is 0 Å². The van der Waals surface area contributed by atoms with Crippen LogP contribution in [0.2, 0.25) is 0 Å². The number of benzene rings is 2. The van der Waals surface area contributed by atoms with Crippen molar-refractivity contribution in [1.82, 2.24) is 0 Å². The number of amides is 1. The second-order valence-electron chi connectivity index (χ2n) is 5.54. The van der Waals surface area contributed by atoms with Crippen molar-refractivity contribution in [2.45, 2.75) is 6.42 Å². The third kappa shape index (κ3) is 5.32. The van der Waals surface area contributed by atoms with Gasteiger partial charge in [-0.1, -0.05) is 0 Å². The molecule has 9 heteroatoms. The Kier molecular flexibility index (Phi) is 7.14. The molecule has 150 valence electrons. The highest BCUT2D eigenvalue weighted by Crippen LogP contribution is 2.38. The summed E-state index contributed by atoms with van der Waals surface area (Å²) in [4.78, 5) is 23.8. The van der Waals surface area contributed by atoms with Crippen molar-refractivity contribution >= 4 is 17.6 Å². The van der Waals surface area contributed by atoms with Crippen LogP contribution in [0, 0.1) is 11.6 Å². The molecule has 0 saturated carbocycles. The summed E-state index contributed by atoms with van der Waals surface area (Å²) < 4.78 is 47.1. The number of carbonyl (C=O) groups excluding carboxylic acids is 2. The maximum atomic E-state index is 13.5. The predicted octanol–water partition coefficient (Wildman–Crippen LogP) is 2.72. The first kappa shape index (κ1) is 20.9. The molecule has 2 aromatic carbocycles. The topological polar surface area (TPSA) is 83.1 Å². The van der Waals surface area contributed by atoms with Gasteiger partial charge in [-0.25, -0.2) is 8.78 Å². The molecule has 2 aromatic rings. The number of rotatable bonds is 8. The molecular formula is C19H19F2NO6. The van der Waals surface area contributed by atoms with Crippen LogP contribution >= 0.6 is 0 Å². The maximum absolute atomic E-state index is 13.5. The van der Waals surface area contributed by atoms with Gasteiger partial charge in [0, 0.05) is 6.07 Å². The fourth-order valence-corrected chi connectivity index (χ4v) is 2.38. The third-order valence-corrected chi connectivity index (χ3v) is 3.64. The van der Waals surface area contributed by atoms with Crippen molar-refractivity contribution in [3.8, 4) is 17.2 Å². The number of carbonyl (C=O) groups is 2. The van der Waals surface area contributed by atoms with E-state index in [2.05, 4.69) is 5.32 Å². The minimum absolute atomic E-state index is 0.168. The van der Waals surface area contributed by atoms with Crippen LogP contribution < -0.4 is 19.5 Å². The van der Waals surface area contributed by atoms with Crippen LogP contribution in [0.4, 0.5) is 14.5 Å². The van der Waals surface area contributed by atoms with Crippen LogP contribution in [-0.2, 0) is 20.7 Å². The number of methoxy groups -OCH3 is 3. The van der Waals surface area contributed by atoms with E-state index < -0.39 is 30.1 Å². The monoisotopic (exact) mass is 395 g/mol. The van der Waals surface area contributed by atoms with E-state index in [4.69, 9.17) is 18.9 Å². The molecule has 7 nitrogen and oxygen atoms in total. The van der Waals surface area contributed by atoms with E-state index in [9.17, 15) is 18.4 Å². The lowest BCUT2D eigenvalue weighted by molar-refractivity contribution is -0.146. The summed E-state index contributed by atoms with van der Waals surface area (Å²) in [6, 6.07) is 5.77. The molecule has 0 fully saturated rings. The lowest BCUT2D eigenvalue weighted by atomic mass is 10.1.